The lowest BCUT2D eigenvalue weighted by atomic mass is 10.0. The summed E-state index contributed by atoms with van der Waals surface area (Å²) in [6, 6.07) is 95.3. The second-order valence-corrected chi connectivity index (χ2v) is 19.2. The predicted molar refractivity (Wildman–Crippen MR) is 310 cm³/mol. The molecule has 0 bridgehead atoms. The van der Waals surface area contributed by atoms with Crippen LogP contribution in [0.15, 0.2) is 267 Å². The normalized spacial score (nSPS) is 11.7. The van der Waals surface area contributed by atoms with E-state index in [0.717, 1.165) is 111 Å². The monoisotopic (exact) mass is 956 g/mol. The van der Waals surface area contributed by atoms with Gasteiger partial charge in [-0.1, -0.05) is 218 Å². The van der Waals surface area contributed by atoms with Crippen LogP contribution in [0.4, 0.5) is 0 Å². The lowest BCUT2D eigenvalue weighted by Gasteiger charge is -2.14. The number of hydrogen-bond donors (Lipinski definition) is 0. The van der Waals surface area contributed by atoms with Crippen LogP contribution in [0, 0.1) is 0 Å². The van der Waals surface area contributed by atoms with Gasteiger partial charge in [0.25, 0.3) is 0 Å². The molecule has 0 fully saturated rings. The van der Waals surface area contributed by atoms with Crippen LogP contribution in [0.25, 0.3) is 139 Å². The van der Waals surface area contributed by atoms with Crippen molar-refractivity contribution in [3.8, 4) is 73.5 Å². The van der Waals surface area contributed by atoms with Crippen LogP contribution in [0.1, 0.15) is 0 Å². The van der Waals surface area contributed by atoms with E-state index in [1.807, 2.05) is 12.1 Å². The largest absolute Gasteiger partial charge is 0.309 e. The summed E-state index contributed by atoms with van der Waals surface area (Å²) in [7, 11) is 0. The van der Waals surface area contributed by atoms with Crippen molar-refractivity contribution in [2.75, 3.05) is 0 Å². The molecule has 0 amide bonds. The summed E-state index contributed by atoms with van der Waals surface area (Å²) >= 11 is 0. The third-order valence-electron chi connectivity index (χ3n) is 14.9. The van der Waals surface area contributed by atoms with Crippen molar-refractivity contribution in [3.05, 3.63) is 267 Å². The summed E-state index contributed by atoms with van der Waals surface area (Å²) in [4.78, 5) is 16.4. The van der Waals surface area contributed by atoms with E-state index in [1.54, 1.807) is 0 Å². The lowest BCUT2D eigenvalue weighted by Crippen LogP contribution is -2.07. The van der Waals surface area contributed by atoms with E-state index in [2.05, 4.69) is 268 Å². The van der Waals surface area contributed by atoms with Crippen LogP contribution in [0.2, 0.25) is 0 Å². The molecule has 0 spiro atoms. The van der Waals surface area contributed by atoms with Crippen molar-refractivity contribution < 1.29 is 0 Å². The number of rotatable bonds is 8. The summed E-state index contributed by atoms with van der Waals surface area (Å²) in [6.45, 7) is 0. The van der Waals surface area contributed by atoms with Gasteiger partial charge in [0.05, 0.1) is 33.1 Å². The molecule has 0 N–H and O–H groups in total. The van der Waals surface area contributed by atoms with Crippen LogP contribution in [-0.2, 0) is 0 Å². The molecule has 0 aliphatic carbocycles. The number of nitrogens with zero attached hydrogens (tertiary/aromatic N) is 6. The summed E-state index contributed by atoms with van der Waals surface area (Å²) in [6.07, 6.45) is 0. The Morgan fingerprint density at radius 1 is 0.213 bits per heavy atom. The van der Waals surface area contributed by atoms with Crippen LogP contribution in [-0.4, -0.2) is 28.7 Å². The summed E-state index contributed by atoms with van der Waals surface area (Å²) in [5.41, 5.74) is 17.3. The van der Waals surface area contributed by atoms with E-state index < -0.39 is 0 Å². The fourth-order valence-corrected chi connectivity index (χ4v) is 11.4. The van der Waals surface area contributed by atoms with Gasteiger partial charge in [-0.2, -0.15) is 9.97 Å². The van der Waals surface area contributed by atoms with E-state index in [9.17, 15) is 0 Å². The maximum atomic E-state index is 5.54. The average Bonchev–Trinajstić information content (AvgIpc) is 4.17. The highest BCUT2D eigenvalue weighted by Crippen LogP contribution is 2.43. The molecule has 6 nitrogen and oxygen atoms in total. The standard InChI is InChI=1S/C69H44N6/c1-4-17-45(18-5-1)48-31-35-50(36-32-48)67-70-68(51-37-33-49(34-38-51)46-19-6-2-7-20-46)72-69(71-67)75-64-42-39-54(73-61-28-13-10-25-55(61)56-26-11-14-29-62(56)73)44-60(64)59-41-40-58-57-27-12-15-30-63(57)74(65(58)66(59)75)53-24-16-23-52(43-53)47-21-8-3-9-22-47/h1-44H. The van der Waals surface area contributed by atoms with Crippen molar-refractivity contribution in [2.45, 2.75) is 0 Å². The van der Waals surface area contributed by atoms with Crippen molar-refractivity contribution in [3.63, 3.8) is 0 Å². The molecule has 0 saturated carbocycles. The van der Waals surface area contributed by atoms with Gasteiger partial charge in [0.2, 0.25) is 5.95 Å². The van der Waals surface area contributed by atoms with Crippen molar-refractivity contribution in [1.82, 2.24) is 28.7 Å². The first-order chi connectivity index (χ1) is 37.2. The molecule has 0 aliphatic rings. The minimum Gasteiger partial charge on any atom is -0.309 e. The number of para-hydroxylation sites is 3. The SMILES string of the molecule is c1ccc(-c2ccc(-c3nc(-c4ccc(-c5ccccc5)cc4)nc(-n4c5ccc(-n6c7ccccc7c7ccccc76)cc5c5ccc6c7ccccc7n(-c7cccc(-c8ccccc8)c7)c6c54)n3)cc2)cc1. The van der Waals surface area contributed by atoms with Crippen LogP contribution >= 0.6 is 0 Å². The third-order valence-corrected chi connectivity index (χ3v) is 14.9. The Morgan fingerprint density at radius 3 is 1.15 bits per heavy atom. The minimum absolute atomic E-state index is 0.529. The molecule has 11 aromatic carbocycles. The van der Waals surface area contributed by atoms with Crippen LogP contribution in [0.3, 0.4) is 0 Å². The van der Waals surface area contributed by atoms with Gasteiger partial charge in [0.1, 0.15) is 0 Å². The Hall–Kier alpha value is -10.2. The molecular weight excluding hydrogens is 913 g/mol. The van der Waals surface area contributed by atoms with E-state index in [4.69, 9.17) is 15.0 Å². The Balaban J connectivity index is 1.04. The smallest absolute Gasteiger partial charge is 0.238 e. The fourth-order valence-electron chi connectivity index (χ4n) is 11.4. The zero-order valence-corrected chi connectivity index (χ0v) is 40.6. The summed E-state index contributed by atoms with van der Waals surface area (Å²) in [5.74, 6) is 1.70. The van der Waals surface area contributed by atoms with E-state index in [1.165, 1.54) is 10.8 Å². The summed E-state index contributed by atoms with van der Waals surface area (Å²) in [5, 5.41) is 6.92. The fraction of sp³-hybridized carbons (Fsp3) is 0. The Bertz CT molecular complexity index is 4510. The molecule has 0 radical (unpaired) electrons. The summed E-state index contributed by atoms with van der Waals surface area (Å²) < 4.78 is 7.13. The average molecular weight is 957 g/mol. The molecule has 4 heterocycles. The third kappa shape index (κ3) is 6.99. The number of benzene rings is 11. The molecule has 6 heteroatoms. The van der Waals surface area contributed by atoms with Crippen molar-refractivity contribution in [1.29, 1.82) is 0 Å². The molecule has 0 unspecified atom stereocenters. The molecule has 15 aromatic rings. The molecule has 0 saturated heterocycles. The highest BCUT2D eigenvalue weighted by atomic mass is 15.2. The van der Waals surface area contributed by atoms with Gasteiger partial charge in [-0.25, -0.2) is 4.98 Å². The molecule has 4 aromatic heterocycles. The first kappa shape index (κ1) is 42.5. The zero-order chi connectivity index (χ0) is 49.4. The number of aromatic nitrogens is 6. The molecule has 0 aliphatic heterocycles. The molecule has 15 rings (SSSR count). The minimum atomic E-state index is 0.529. The van der Waals surface area contributed by atoms with Crippen molar-refractivity contribution in [2.24, 2.45) is 0 Å². The maximum Gasteiger partial charge on any atom is 0.238 e. The molecule has 75 heavy (non-hydrogen) atoms. The Labute approximate surface area is 432 Å². The van der Waals surface area contributed by atoms with Gasteiger partial charge in [-0.15, -0.1) is 0 Å². The molecule has 350 valence electrons. The zero-order valence-electron chi connectivity index (χ0n) is 40.6. The van der Waals surface area contributed by atoms with Gasteiger partial charge >= 0.3 is 0 Å². The highest BCUT2D eigenvalue weighted by Gasteiger charge is 2.25. The van der Waals surface area contributed by atoms with Crippen LogP contribution in [0.5, 0.6) is 0 Å². The van der Waals surface area contributed by atoms with Gasteiger partial charge in [-0.3, -0.25) is 4.57 Å². The second-order valence-electron chi connectivity index (χ2n) is 19.2. The Kier molecular flexibility index (Phi) is 9.78. The van der Waals surface area contributed by atoms with Gasteiger partial charge in [-0.05, 0) is 81.9 Å². The van der Waals surface area contributed by atoms with E-state index in [-0.39, 0.29) is 0 Å². The van der Waals surface area contributed by atoms with Crippen molar-refractivity contribution >= 4 is 65.4 Å². The first-order valence-electron chi connectivity index (χ1n) is 25.4. The maximum absolute atomic E-state index is 5.54. The number of hydrogen-bond acceptors (Lipinski definition) is 3. The number of fused-ring (bicyclic) bond motifs is 10. The Morgan fingerprint density at radius 2 is 0.600 bits per heavy atom. The lowest BCUT2D eigenvalue weighted by molar-refractivity contribution is 0.953. The molecular formula is C69H44N6. The van der Waals surface area contributed by atoms with Gasteiger partial charge in [0.15, 0.2) is 11.6 Å². The topological polar surface area (TPSA) is 53.5 Å². The first-order valence-corrected chi connectivity index (χ1v) is 25.4. The predicted octanol–water partition coefficient (Wildman–Crippen LogP) is 17.5. The van der Waals surface area contributed by atoms with Gasteiger partial charge < -0.3 is 9.13 Å². The van der Waals surface area contributed by atoms with E-state index >= 15 is 0 Å². The molecule has 0 atom stereocenters. The highest BCUT2D eigenvalue weighted by molar-refractivity contribution is 6.24. The van der Waals surface area contributed by atoms with Crippen LogP contribution < -0.4 is 0 Å². The quantitative estimate of drug-likeness (QED) is 0.152. The van der Waals surface area contributed by atoms with E-state index in [0.29, 0.717) is 17.6 Å². The van der Waals surface area contributed by atoms with Gasteiger partial charge in [0, 0.05) is 54.8 Å². The second kappa shape index (κ2) is 17.3.